The van der Waals surface area contributed by atoms with Crippen molar-refractivity contribution in [2.75, 3.05) is 16.8 Å². The minimum absolute atomic E-state index is 0.134. The summed E-state index contributed by atoms with van der Waals surface area (Å²) in [6.07, 6.45) is 0.148. The average molecular weight is 347 g/mol. The second-order valence-electron chi connectivity index (χ2n) is 6.80. The second kappa shape index (κ2) is 7.01. The highest BCUT2D eigenvalue weighted by atomic mass is 16.2. The molecule has 1 aliphatic rings. The van der Waals surface area contributed by atoms with E-state index in [-0.39, 0.29) is 24.8 Å². The third kappa shape index (κ3) is 3.31. The minimum atomic E-state index is -0.436. The molecule has 2 aromatic rings. The van der Waals surface area contributed by atoms with Crippen molar-refractivity contribution in [2.24, 2.45) is 5.92 Å². The monoisotopic (exact) mass is 347 g/mol. The summed E-state index contributed by atoms with van der Waals surface area (Å²) in [7, 11) is 0. The van der Waals surface area contributed by atoms with Crippen LogP contribution in [0.25, 0.3) is 0 Å². The summed E-state index contributed by atoms with van der Waals surface area (Å²) in [4.78, 5) is 26.7. The Bertz CT molecular complexity index is 904. The summed E-state index contributed by atoms with van der Waals surface area (Å²) >= 11 is 0. The number of carbonyl (C=O) groups excluding carboxylic acids is 2. The maximum Gasteiger partial charge on any atom is 0.229 e. The zero-order valence-electron chi connectivity index (χ0n) is 15.2. The Labute approximate surface area is 153 Å². The van der Waals surface area contributed by atoms with Gasteiger partial charge in [0.25, 0.3) is 0 Å². The summed E-state index contributed by atoms with van der Waals surface area (Å²) < 4.78 is 0. The van der Waals surface area contributed by atoms with Crippen LogP contribution in [-0.2, 0) is 9.59 Å². The number of hydrogen-bond donors (Lipinski definition) is 1. The molecule has 1 fully saturated rings. The molecule has 3 rings (SSSR count). The van der Waals surface area contributed by atoms with E-state index in [1.165, 1.54) is 4.90 Å². The van der Waals surface area contributed by atoms with E-state index < -0.39 is 5.92 Å². The van der Waals surface area contributed by atoms with Gasteiger partial charge < -0.3 is 10.2 Å². The van der Waals surface area contributed by atoms with Gasteiger partial charge in [-0.05, 0) is 44.0 Å². The number of nitriles is 1. The predicted molar refractivity (Wildman–Crippen MR) is 101 cm³/mol. The van der Waals surface area contributed by atoms with E-state index >= 15 is 0 Å². The van der Waals surface area contributed by atoms with Crippen molar-refractivity contribution in [3.05, 3.63) is 58.7 Å². The van der Waals surface area contributed by atoms with E-state index in [0.717, 1.165) is 22.4 Å². The molecule has 0 bridgehead atoms. The van der Waals surface area contributed by atoms with Crippen LogP contribution in [0.4, 0.5) is 11.4 Å². The Hall–Kier alpha value is -3.13. The fourth-order valence-corrected chi connectivity index (χ4v) is 3.52. The molecule has 1 aliphatic heterocycles. The van der Waals surface area contributed by atoms with Crippen molar-refractivity contribution < 1.29 is 9.59 Å². The molecule has 1 saturated heterocycles. The first-order valence-corrected chi connectivity index (χ1v) is 8.59. The van der Waals surface area contributed by atoms with Crippen LogP contribution in [0.15, 0.2) is 36.4 Å². The Morgan fingerprint density at radius 1 is 1.19 bits per heavy atom. The number of para-hydroxylation sites is 1. The number of aryl methyl sites for hydroxylation is 3. The zero-order chi connectivity index (χ0) is 18.8. The SMILES string of the molecule is Cc1cc(C)c(NC(=O)C2CC(=O)N(c3ccccc3C#N)C2)c(C)c1. The number of hydrogen-bond acceptors (Lipinski definition) is 3. The van der Waals surface area contributed by atoms with Crippen molar-refractivity contribution in [2.45, 2.75) is 27.2 Å². The Kier molecular flexibility index (Phi) is 4.77. The third-order valence-electron chi connectivity index (χ3n) is 4.74. The molecule has 2 aromatic carbocycles. The molecule has 1 heterocycles. The van der Waals surface area contributed by atoms with Crippen LogP contribution in [-0.4, -0.2) is 18.4 Å². The average Bonchev–Trinajstić information content (AvgIpc) is 2.99. The molecule has 1 atom stereocenters. The highest BCUT2D eigenvalue weighted by Gasteiger charge is 2.36. The lowest BCUT2D eigenvalue weighted by molar-refractivity contribution is -0.122. The highest BCUT2D eigenvalue weighted by Crippen LogP contribution is 2.29. The van der Waals surface area contributed by atoms with E-state index in [0.29, 0.717) is 11.3 Å². The van der Waals surface area contributed by atoms with Gasteiger partial charge in [0.05, 0.1) is 17.2 Å². The lowest BCUT2D eigenvalue weighted by Gasteiger charge is -2.18. The second-order valence-corrected chi connectivity index (χ2v) is 6.80. The number of nitrogens with one attached hydrogen (secondary N) is 1. The maximum atomic E-state index is 12.7. The molecule has 0 aliphatic carbocycles. The largest absolute Gasteiger partial charge is 0.325 e. The first kappa shape index (κ1) is 17.7. The fourth-order valence-electron chi connectivity index (χ4n) is 3.52. The van der Waals surface area contributed by atoms with Crippen molar-refractivity contribution in [1.82, 2.24) is 0 Å². The fraction of sp³-hybridized carbons (Fsp3) is 0.286. The van der Waals surface area contributed by atoms with Crippen molar-refractivity contribution in [3.8, 4) is 6.07 Å². The normalized spacial score (nSPS) is 16.5. The van der Waals surface area contributed by atoms with Crippen LogP contribution in [0.1, 0.15) is 28.7 Å². The van der Waals surface area contributed by atoms with Gasteiger partial charge in [0.15, 0.2) is 0 Å². The van der Waals surface area contributed by atoms with Gasteiger partial charge in [0, 0.05) is 18.7 Å². The lowest BCUT2D eigenvalue weighted by atomic mass is 10.0. The van der Waals surface area contributed by atoms with E-state index in [1.54, 1.807) is 24.3 Å². The summed E-state index contributed by atoms with van der Waals surface area (Å²) in [6.45, 7) is 6.23. The Morgan fingerprint density at radius 2 is 1.85 bits per heavy atom. The minimum Gasteiger partial charge on any atom is -0.325 e. The quantitative estimate of drug-likeness (QED) is 0.924. The van der Waals surface area contributed by atoms with Crippen molar-refractivity contribution in [3.63, 3.8) is 0 Å². The molecular weight excluding hydrogens is 326 g/mol. The van der Waals surface area contributed by atoms with E-state index in [4.69, 9.17) is 0 Å². The molecule has 5 heteroatoms. The van der Waals surface area contributed by atoms with Crippen LogP contribution in [0.2, 0.25) is 0 Å². The number of benzene rings is 2. The molecule has 132 valence electrons. The highest BCUT2D eigenvalue weighted by molar-refractivity contribution is 6.04. The predicted octanol–water partition coefficient (Wildman–Crippen LogP) is 3.48. The zero-order valence-corrected chi connectivity index (χ0v) is 15.2. The summed E-state index contributed by atoms with van der Waals surface area (Å²) in [5.74, 6) is -0.732. The van der Waals surface area contributed by atoms with Crippen LogP contribution in [0, 0.1) is 38.0 Å². The van der Waals surface area contributed by atoms with Gasteiger partial charge in [-0.1, -0.05) is 29.8 Å². The van der Waals surface area contributed by atoms with Crippen LogP contribution in [0.5, 0.6) is 0 Å². The third-order valence-corrected chi connectivity index (χ3v) is 4.74. The molecular formula is C21H21N3O2. The summed E-state index contributed by atoms with van der Waals surface area (Å²) in [6, 6.07) is 13.1. The van der Waals surface area contributed by atoms with E-state index in [1.807, 2.05) is 32.9 Å². The van der Waals surface area contributed by atoms with Crippen molar-refractivity contribution >= 4 is 23.2 Å². The molecule has 1 unspecified atom stereocenters. The molecule has 5 nitrogen and oxygen atoms in total. The van der Waals surface area contributed by atoms with Gasteiger partial charge in [-0.3, -0.25) is 9.59 Å². The lowest BCUT2D eigenvalue weighted by Crippen LogP contribution is -2.29. The van der Waals surface area contributed by atoms with E-state index in [2.05, 4.69) is 11.4 Å². The maximum absolute atomic E-state index is 12.7. The smallest absolute Gasteiger partial charge is 0.229 e. The van der Waals surface area contributed by atoms with Crippen LogP contribution < -0.4 is 10.2 Å². The van der Waals surface area contributed by atoms with Gasteiger partial charge >= 0.3 is 0 Å². The molecule has 26 heavy (non-hydrogen) atoms. The van der Waals surface area contributed by atoms with Gasteiger partial charge in [0.2, 0.25) is 11.8 Å². The van der Waals surface area contributed by atoms with E-state index in [9.17, 15) is 14.9 Å². The molecule has 0 saturated carbocycles. The first-order chi connectivity index (χ1) is 12.4. The molecule has 1 N–H and O–H groups in total. The number of amides is 2. The molecule has 0 aromatic heterocycles. The Balaban J connectivity index is 1.79. The summed E-state index contributed by atoms with van der Waals surface area (Å²) in [5.41, 5.74) is 4.97. The van der Waals surface area contributed by atoms with Gasteiger partial charge in [-0.25, -0.2) is 0 Å². The molecule has 0 radical (unpaired) electrons. The first-order valence-electron chi connectivity index (χ1n) is 8.59. The van der Waals surface area contributed by atoms with Gasteiger partial charge in [0.1, 0.15) is 6.07 Å². The Morgan fingerprint density at radius 3 is 2.50 bits per heavy atom. The standard InChI is InChI=1S/C21H21N3O2/c1-13-8-14(2)20(15(3)9-13)23-21(26)17-10-19(25)24(12-17)18-7-5-4-6-16(18)11-22/h4-9,17H,10,12H2,1-3H3,(H,23,26). The van der Waals surface area contributed by atoms with Crippen LogP contribution >= 0.6 is 0 Å². The topological polar surface area (TPSA) is 73.2 Å². The number of nitrogens with zero attached hydrogens (tertiary/aromatic N) is 2. The van der Waals surface area contributed by atoms with Crippen molar-refractivity contribution in [1.29, 1.82) is 5.26 Å². The summed E-state index contributed by atoms with van der Waals surface area (Å²) in [5, 5.41) is 12.2. The number of anilines is 2. The molecule has 0 spiro atoms. The number of rotatable bonds is 3. The molecule has 2 amide bonds. The van der Waals surface area contributed by atoms with Crippen LogP contribution in [0.3, 0.4) is 0 Å². The van der Waals surface area contributed by atoms with Gasteiger partial charge in [-0.15, -0.1) is 0 Å². The van der Waals surface area contributed by atoms with Gasteiger partial charge in [-0.2, -0.15) is 5.26 Å². The number of carbonyl (C=O) groups is 2.